The molecule has 0 aliphatic heterocycles. The summed E-state index contributed by atoms with van der Waals surface area (Å²) in [5.74, 6) is -0.467. The monoisotopic (exact) mass is 329 g/mol. The Morgan fingerprint density at radius 3 is 2.57 bits per heavy atom. The van der Waals surface area contributed by atoms with E-state index < -0.39 is 12.0 Å². The van der Waals surface area contributed by atoms with Gasteiger partial charge in [-0.15, -0.1) is 11.8 Å². The van der Waals surface area contributed by atoms with Gasteiger partial charge in [0.1, 0.15) is 6.04 Å². The zero-order chi connectivity index (χ0) is 15.8. The van der Waals surface area contributed by atoms with Crippen LogP contribution in [0, 0.1) is 5.92 Å². The molecule has 4 nitrogen and oxygen atoms in total. The summed E-state index contributed by atoms with van der Waals surface area (Å²) in [7, 11) is 0. The van der Waals surface area contributed by atoms with Crippen LogP contribution < -0.4 is 5.32 Å². The zero-order valence-electron chi connectivity index (χ0n) is 12.1. The predicted octanol–water partition coefficient (Wildman–Crippen LogP) is 3.44. The summed E-state index contributed by atoms with van der Waals surface area (Å²) in [5, 5.41) is 12.3. The molecule has 0 aliphatic carbocycles. The molecule has 0 saturated heterocycles. The van der Waals surface area contributed by atoms with E-state index in [1.165, 1.54) is 11.8 Å². The molecule has 0 bridgehead atoms. The molecule has 0 aliphatic rings. The number of carboxylic acid groups (broad SMARTS) is 1. The van der Waals surface area contributed by atoms with E-state index in [0.717, 1.165) is 4.90 Å². The van der Waals surface area contributed by atoms with Gasteiger partial charge in [-0.05, 0) is 24.5 Å². The third-order valence-corrected chi connectivity index (χ3v) is 4.28. The lowest BCUT2D eigenvalue weighted by atomic mass is 10.0. The Bertz CT molecular complexity index is 494. The first-order valence-corrected chi connectivity index (χ1v) is 8.16. The average Bonchev–Trinajstić information content (AvgIpc) is 2.39. The van der Waals surface area contributed by atoms with Gasteiger partial charge in [0, 0.05) is 17.1 Å². The van der Waals surface area contributed by atoms with Crippen LogP contribution in [0.4, 0.5) is 0 Å². The minimum absolute atomic E-state index is 0.212. The van der Waals surface area contributed by atoms with Crippen molar-refractivity contribution in [2.24, 2.45) is 5.92 Å². The second-order valence-electron chi connectivity index (χ2n) is 5.12. The minimum Gasteiger partial charge on any atom is -0.480 e. The molecule has 6 heteroatoms. The van der Waals surface area contributed by atoms with Crippen molar-refractivity contribution in [1.29, 1.82) is 0 Å². The molecule has 2 N–H and O–H groups in total. The molecular weight excluding hydrogens is 310 g/mol. The van der Waals surface area contributed by atoms with E-state index in [4.69, 9.17) is 16.7 Å². The molecule has 1 atom stereocenters. The van der Waals surface area contributed by atoms with Crippen molar-refractivity contribution in [3.63, 3.8) is 0 Å². The number of amides is 1. The minimum atomic E-state index is -0.990. The Balaban J connectivity index is 2.39. The number of hydrogen-bond acceptors (Lipinski definition) is 3. The van der Waals surface area contributed by atoms with Crippen LogP contribution in [0.2, 0.25) is 5.02 Å². The third kappa shape index (κ3) is 6.87. The number of carbonyl (C=O) groups excluding carboxylic acids is 1. The van der Waals surface area contributed by atoms with Crippen molar-refractivity contribution in [2.45, 2.75) is 37.6 Å². The SMILES string of the molecule is CC(C)C[C@H](NC(=O)CCSc1ccccc1Cl)C(=O)O. The molecule has 0 spiro atoms. The van der Waals surface area contributed by atoms with Crippen LogP contribution in [0.1, 0.15) is 26.7 Å². The smallest absolute Gasteiger partial charge is 0.326 e. The summed E-state index contributed by atoms with van der Waals surface area (Å²) in [6.45, 7) is 3.85. The van der Waals surface area contributed by atoms with E-state index in [1.54, 1.807) is 6.07 Å². The van der Waals surface area contributed by atoms with Crippen molar-refractivity contribution in [3.05, 3.63) is 29.3 Å². The van der Waals surface area contributed by atoms with E-state index >= 15 is 0 Å². The topological polar surface area (TPSA) is 66.4 Å². The number of thioether (sulfide) groups is 1. The van der Waals surface area contributed by atoms with Crippen LogP contribution in [-0.2, 0) is 9.59 Å². The maximum absolute atomic E-state index is 11.8. The van der Waals surface area contributed by atoms with Crippen molar-refractivity contribution >= 4 is 35.2 Å². The molecule has 1 rings (SSSR count). The Morgan fingerprint density at radius 1 is 1.33 bits per heavy atom. The van der Waals surface area contributed by atoms with Crippen LogP contribution in [0.15, 0.2) is 29.2 Å². The highest BCUT2D eigenvalue weighted by Crippen LogP contribution is 2.26. The fourth-order valence-electron chi connectivity index (χ4n) is 1.77. The lowest BCUT2D eigenvalue weighted by Crippen LogP contribution is -2.41. The molecule has 1 amide bonds. The fraction of sp³-hybridized carbons (Fsp3) is 0.467. The van der Waals surface area contributed by atoms with Crippen molar-refractivity contribution in [1.82, 2.24) is 5.32 Å². The van der Waals surface area contributed by atoms with Crippen LogP contribution in [-0.4, -0.2) is 28.8 Å². The number of carbonyl (C=O) groups is 2. The van der Waals surface area contributed by atoms with Gasteiger partial charge >= 0.3 is 5.97 Å². The Labute approximate surface area is 134 Å². The van der Waals surface area contributed by atoms with Crippen LogP contribution >= 0.6 is 23.4 Å². The molecule has 0 aromatic heterocycles. The molecule has 1 aromatic carbocycles. The van der Waals surface area contributed by atoms with E-state index in [9.17, 15) is 9.59 Å². The number of benzene rings is 1. The van der Waals surface area contributed by atoms with Gasteiger partial charge in [0.25, 0.3) is 0 Å². The second kappa shape index (κ2) is 8.95. The van der Waals surface area contributed by atoms with Crippen molar-refractivity contribution in [2.75, 3.05) is 5.75 Å². The lowest BCUT2D eigenvalue weighted by molar-refractivity contribution is -0.142. The highest BCUT2D eigenvalue weighted by molar-refractivity contribution is 7.99. The Kier molecular flexibility index (Phi) is 7.61. The molecule has 0 heterocycles. The van der Waals surface area contributed by atoms with Crippen LogP contribution in [0.3, 0.4) is 0 Å². The van der Waals surface area contributed by atoms with Crippen molar-refractivity contribution < 1.29 is 14.7 Å². The number of aliphatic carboxylic acids is 1. The molecular formula is C15H20ClNO3S. The van der Waals surface area contributed by atoms with E-state index in [2.05, 4.69) is 5.32 Å². The fourth-order valence-corrected chi connectivity index (χ4v) is 2.96. The molecule has 116 valence electrons. The number of carboxylic acids is 1. The van der Waals surface area contributed by atoms with E-state index in [0.29, 0.717) is 17.2 Å². The maximum atomic E-state index is 11.8. The van der Waals surface area contributed by atoms with Gasteiger partial charge in [-0.3, -0.25) is 4.79 Å². The summed E-state index contributed by atoms with van der Waals surface area (Å²) >= 11 is 7.51. The van der Waals surface area contributed by atoms with E-state index in [-0.39, 0.29) is 18.2 Å². The zero-order valence-corrected chi connectivity index (χ0v) is 13.7. The summed E-state index contributed by atoms with van der Waals surface area (Å²) in [4.78, 5) is 23.8. The van der Waals surface area contributed by atoms with Crippen molar-refractivity contribution in [3.8, 4) is 0 Å². The number of rotatable bonds is 8. The second-order valence-corrected chi connectivity index (χ2v) is 6.66. The normalized spacial score (nSPS) is 12.2. The standard InChI is InChI=1S/C15H20ClNO3S/c1-10(2)9-12(15(19)20)17-14(18)7-8-21-13-6-4-3-5-11(13)16/h3-6,10,12H,7-9H2,1-2H3,(H,17,18)(H,19,20)/t12-/m0/s1. The quantitative estimate of drug-likeness (QED) is 0.717. The summed E-state index contributed by atoms with van der Waals surface area (Å²) in [5.41, 5.74) is 0. The van der Waals surface area contributed by atoms with Crippen LogP contribution in [0.5, 0.6) is 0 Å². The Morgan fingerprint density at radius 2 is 2.00 bits per heavy atom. The lowest BCUT2D eigenvalue weighted by Gasteiger charge is -2.16. The Hall–Kier alpha value is -1.20. The van der Waals surface area contributed by atoms with Gasteiger partial charge in [-0.2, -0.15) is 0 Å². The van der Waals surface area contributed by atoms with Crippen LogP contribution in [0.25, 0.3) is 0 Å². The number of nitrogens with one attached hydrogen (secondary N) is 1. The first kappa shape index (κ1) is 17.9. The number of halogens is 1. The van der Waals surface area contributed by atoms with Gasteiger partial charge in [-0.25, -0.2) is 4.79 Å². The highest BCUT2D eigenvalue weighted by atomic mass is 35.5. The molecule has 0 radical (unpaired) electrons. The molecule has 0 fully saturated rings. The molecule has 0 unspecified atom stereocenters. The first-order chi connectivity index (χ1) is 9.90. The first-order valence-electron chi connectivity index (χ1n) is 6.79. The number of hydrogen-bond donors (Lipinski definition) is 2. The summed E-state index contributed by atoms with van der Waals surface area (Å²) in [6.07, 6.45) is 0.691. The van der Waals surface area contributed by atoms with Gasteiger partial charge in [0.15, 0.2) is 0 Å². The van der Waals surface area contributed by atoms with Gasteiger partial charge in [0.05, 0.1) is 5.02 Å². The summed E-state index contributed by atoms with van der Waals surface area (Å²) < 4.78 is 0. The highest BCUT2D eigenvalue weighted by Gasteiger charge is 2.20. The molecule has 0 saturated carbocycles. The molecule has 1 aromatic rings. The molecule has 21 heavy (non-hydrogen) atoms. The summed E-state index contributed by atoms with van der Waals surface area (Å²) in [6, 6.07) is 6.61. The van der Waals surface area contributed by atoms with Gasteiger partial charge in [-0.1, -0.05) is 37.6 Å². The predicted molar refractivity (Wildman–Crippen MR) is 85.8 cm³/mol. The van der Waals surface area contributed by atoms with Gasteiger partial charge in [0.2, 0.25) is 5.91 Å². The average molecular weight is 330 g/mol. The van der Waals surface area contributed by atoms with Gasteiger partial charge < -0.3 is 10.4 Å². The largest absolute Gasteiger partial charge is 0.480 e. The third-order valence-electron chi connectivity index (χ3n) is 2.76. The van der Waals surface area contributed by atoms with E-state index in [1.807, 2.05) is 32.0 Å². The maximum Gasteiger partial charge on any atom is 0.326 e.